The topological polar surface area (TPSA) is 12.0 Å². The first kappa shape index (κ1) is 8.54. The number of anilines is 1. The SMILES string of the molecule is CC1CCNc2cc(F)ccc2C1. The summed E-state index contributed by atoms with van der Waals surface area (Å²) in [7, 11) is 0. The molecule has 0 spiro atoms. The lowest BCUT2D eigenvalue weighted by Gasteiger charge is -2.07. The van der Waals surface area contributed by atoms with Gasteiger partial charge in [-0.1, -0.05) is 13.0 Å². The molecule has 1 aromatic carbocycles. The molecule has 1 N–H and O–H groups in total. The number of nitrogens with one attached hydrogen (secondary N) is 1. The zero-order valence-corrected chi connectivity index (χ0v) is 7.81. The van der Waals surface area contributed by atoms with E-state index in [1.54, 1.807) is 12.1 Å². The van der Waals surface area contributed by atoms with E-state index in [0.717, 1.165) is 25.1 Å². The van der Waals surface area contributed by atoms with Crippen LogP contribution >= 0.6 is 0 Å². The third-order valence-corrected chi connectivity index (χ3v) is 2.59. The quantitative estimate of drug-likeness (QED) is 0.645. The molecule has 13 heavy (non-hydrogen) atoms. The zero-order chi connectivity index (χ0) is 9.26. The third kappa shape index (κ3) is 1.82. The highest BCUT2D eigenvalue weighted by molar-refractivity contribution is 5.52. The van der Waals surface area contributed by atoms with E-state index in [1.807, 2.05) is 6.07 Å². The summed E-state index contributed by atoms with van der Waals surface area (Å²) in [4.78, 5) is 0. The molecule has 0 aliphatic carbocycles. The highest BCUT2D eigenvalue weighted by Gasteiger charge is 2.12. The van der Waals surface area contributed by atoms with Gasteiger partial charge in [-0.3, -0.25) is 0 Å². The van der Waals surface area contributed by atoms with Crippen molar-refractivity contribution in [1.29, 1.82) is 0 Å². The molecule has 70 valence electrons. The monoisotopic (exact) mass is 179 g/mol. The van der Waals surface area contributed by atoms with Gasteiger partial charge in [0.25, 0.3) is 0 Å². The fraction of sp³-hybridized carbons (Fsp3) is 0.455. The first-order valence-electron chi connectivity index (χ1n) is 4.78. The van der Waals surface area contributed by atoms with E-state index in [2.05, 4.69) is 12.2 Å². The lowest BCUT2D eigenvalue weighted by atomic mass is 9.99. The Morgan fingerprint density at radius 3 is 3.15 bits per heavy atom. The van der Waals surface area contributed by atoms with Crippen molar-refractivity contribution in [3.8, 4) is 0 Å². The van der Waals surface area contributed by atoms with Crippen molar-refractivity contribution in [2.75, 3.05) is 11.9 Å². The normalized spacial score (nSPS) is 21.5. The average molecular weight is 179 g/mol. The smallest absolute Gasteiger partial charge is 0.125 e. The van der Waals surface area contributed by atoms with E-state index in [9.17, 15) is 4.39 Å². The summed E-state index contributed by atoms with van der Waals surface area (Å²) in [5.41, 5.74) is 2.22. The van der Waals surface area contributed by atoms with Gasteiger partial charge in [0, 0.05) is 12.2 Å². The fourth-order valence-corrected chi connectivity index (χ4v) is 1.82. The van der Waals surface area contributed by atoms with Crippen LogP contribution in [0.25, 0.3) is 0 Å². The molecular formula is C11H14FN. The lowest BCUT2D eigenvalue weighted by molar-refractivity contribution is 0.557. The maximum atomic E-state index is 12.9. The van der Waals surface area contributed by atoms with Crippen molar-refractivity contribution in [1.82, 2.24) is 0 Å². The Bertz CT molecular complexity index is 309. The van der Waals surface area contributed by atoms with E-state index in [4.69, 9.17) is 0 Å². The molecule has 0 radical (unpaired) electrons. The van der Waals surface area contributed by atoms with Gasteiger partial charge in [0.2, 0.25) is 0 Å². The van der Waals surface area contributed by atoms with Gasteiger partial charge in [-0.25, -0.2) is 4.39 Å². The molecule has 0 saturated carbocycles. The summed E-state index contributed by atoms with van der Waals surface area (Å²) >= 11 is 0. The molecule has 1 aliphatic rings. The maximum absolute atomic E-state index is 12.9. The van der Waals surface area contributed by atoms with Gasteiger partial charge in [0.1, 0.15) is 5.82 Å². The fourth-order valence-electron chi connectivity index (χ4n) is 1.82. The second-order valence-electron chi connectivity index (χ2n) is 3.83. The molecule has 1 unspecified atom stereocenters. The van der Waals surface area contributed by atoms with Crippen LogP contribution in [0.1, 0.15) is 18.9 Å². The van der Waals surface area contributed by atoms with E-state index < -0.39 is 0 Å². The van der Waals surface area contributed by atoms with Crippen molar-refractivity contribution in [2.24, 2.45) is 5.92 Å². The van der Waals surface area contributed by atoms with E-state index >= 15 is 0 Å². The minimum Gasteiger partial charge on any atom is -0.385 e. The summed E-state index contributed by atoms with van der Waals surface area (Å²) in [6.07, 6.45) is 2.22. The standard InChI is InChI=1S/C11H14FN/c1-8-4-5-13-11-7-10(12)3-2-9(11)6-8/h2-3,7-8,13H,4-6H2,1H3. The summed E-state index contributed by atoms with van der Waals surface area (Å²) in [6.45, 7) is 3.19. The van der Waals surface area contributed by atoms with Gasteiger partial charge in [-0.15, -0.1) is 0 Å². The van der Waals surface area contributed by atoms with Crippen LogP contribution in [0, 0.1) is 11.7 Å². The summed E-state index contributed by atoms with van der Waals surface area (Å²) in [5, 5.41) is 3.26. The average Bonchev–Trinajstić information content (AvgIpc) is 2.25. The largest absolute Gasteiger partial charge is 0.385 e. The van der Waals surface area contributed by atoms with Crippen molar-refractivity contribution in [3.05, 3.63) is 29.6 Å². The Kier molecular flexibility index (Phi) is 2.21. The second-order valence-corrected chi connectivity index (χ2v) is 3.83. The van der Waals surface area contributed by atoms with Gasteiger partial charge in [-0.05, 0) is 36.5 Å². The highest BCUT2D eigenvalue weighted by atomic mass is 19.1. The summed E-state index contributed by atoms with van der Waals surface area (Å²) in [6, 6.07) is 5.02. The van der Waals surface area contributed by atoms with Crippen molar-refractivity contribution in [3.63, 3.8) is 0 Å². The number of rotatable bonds is 0. The van der Waals surface area contributed by atoms with Gasteiger partial charge in [-0.2, -0.15) is 0 Å². The summed E-state index contributed by atoms with van der Waals surface area (Å²) < 4.78 is 12.9. The molecule has 0 bridgehead atoms. The second kappa shape index (κ2) is 3.36. The van der Waals surface area contributed by atoms with Crippen LogP contribution in [-0.4, -0.2) is 6.54 Å². The molecular weight excluding hydrogens is 165 g/mol. The van der Waals surface area contributed by atoms with E-state index in [-0.39, 0.29) is 5.82 Å². The molecule has 1 aromatic rings. The van der Waals surface area contributed by atoms with Gasteiger partial charge in [0.15, 0.2) is 0 Å². The molecule has 0 amide bonds. The molecule has 1 atom stereocenters. The Hall–Kier alpha value is -1.05. The zero-order valence-electron chi connectivity index (χ0n) is 7.81. The van der Waals surface area contributed by atoms with E-state index in [1.165, 1.54) is 5.56 Å². The van der Waals surface area contributed by atoms with Crippen molar-refractivity contribution < 1.29 is 4.39 Å². The van der Waals surface area contributed by atoms with Crippen LogP contribution in [0.15, 0.2) is 18.2 Å². The predicted octanol–water partition coefficient (Wildman–Crippen LogP) is 2.82. The molecule has 1 heterocycles. The number of fused-ring (bicyclic) bond motifs is 1. The Balaban J connectivity index is 2.34. The van der Waals surface area contributed by atoms with Crippen LogP contribution in [-0.2, 0) is 6.42 Å². The number of halogens is 1. The number of hydrogen-bond donors (Lipinski definition) is 1. The first-order chi connectivity index (χ1) is 6.25. The van der Waals surface area contributed by atoms with Crippen LogP contribution in [0.3, 0.4) is 0 Å². The van der Waals surface area contributed by atoms with Crippen LogP contribution < -0.4 is 5.32 Å². The van der Waals surface area contributed by atoms with Gasteiger partial charge >= 0.3 is 0 Å². The van der Waals surface area contributed by atoms with Gasteiger partial charge < -0.3 is 5.32 Å². The Morgan fingerprint density at radius 1 is 1.46 bits per heavy atom. The van der Waals surface area contributed by atoms with E-state index in [0.29, 0.717) is 5.92 Å². The Morgan fingerprint density at radius 2 is 2.31 bits per heavy atom. The molecule has 0 aromatic heterocycles. The minimum absolute atomic E-state index is 0.152. The maximum Gasteiger partial charge on any atom is 0.125 e. The van der Waals surface area contributed by atoms with Crippen molar-refractivity contribution >= 4 is 5.69 Å². The van der Waals surface area contributed by atoms with Gasteiger partial charge in [0.05, 0.1) is 0 Å². The molecule has 1 nitrogen and oxygen atoms in total. The van der Waals surface area contributed by atoms with Crippen LogP contribution in [0.4, 0.5) is 10.1 Å². The number of hydrogen-bond acceptors (Lipinski definition) is 1. The predicted molar refractivity (Wildman–Crippen MR) is 52.4 cm³/mol. The molecule has 1 aliphatic heterocycles. The molecule has 2 heteroatoms. The molecule has 0 saturated heterocycles. The number of benzene rings is 1. The van der Waals surface area contributed by atoms with Crippen LogP contribution in [0.2, 0.25) is 0 Å². The third-order valence-electron chi connectivity index (χ3n) is 2.59. The highest BCUT2D eigenvalue weighted by Crippen LogP contribution is 2.24. The first-order valence-corrected chi connectivity index (χ1v) is 4.78. The minimum atomic E-state index is -0.152. The lowest BCUT2D eigenvalue weighted by Crippen LogP contribution is -2.02. The van der Waals surface area contributed by atoms with Crippen molar-refractivity contribution in [2.45, 2.75) is 19.8 Å². The Labute approximate surface area is 78.0 Å². The molecule has 0 fully saturated rings. The summed E-state index contributed by atoms with van der Waals surface area (Å²) in [5.74, 6) is 0.542. The van der Waals surface area contributed by atoms with Crippen LogP contribution in [0.5, 0.6) is 0 Å². The molecule has 2 rings (SSSR count).